The van der Waals surface area contributed by atoms with E-state index in [0.29, 0.717) is 25.1 Å². The molecular weight excluding hydrogens is 477 g/mol. The number of hydrogen-bond donors (Lipinski definition) is 1. The van der Waals surface area contributed by atoms with Gasteiger partial charge in [0.2, 0.25) is 5.91 Å². The van der Waals surface area contributed by atoms with Crippen molar-refractivity contribution in [2.45, 2.75) is 57.9 Å². The van der Waals surface area contributed by atoms with Gasteiger partial charge in [0.05, 0.1) is 23.9 Å². The lowest BCUT2D eigenvalue weighted by Gasteiger charge is -2.38. The van der Waals surface area contributed by atoms with Gasteiger partial charge >= 0.3 is 12.3 Å². The van der Waals surface area contributed by atoms with Crippen LogP contribution < -0.4 is 0 Å². The number of phenolic OH excluding ortho intramolecular Hbond substituents is 1. The lowest BCUT2D eigenvalue weighted by Crippen LogP contribution is -2.47. The zero-order chi connectivity index (χ0) is 26.4. The second-order valence-electron chi connectivity index (χ2n) is 10.0. The van der Waals surface area contributed by atoms with Gasteiger partial charge in [-0.15, -0.1) is 0 Å². The Hall–Kier alpha value is -3.50. The van der Waals surface area contributed by atoms with Crippen molar-refractivity contribution in [3.63, 3.8) is 0 Å². The molecule has 1 unspecified atom stereocenters. The fourth-order valence-corrected chi connectivity index (χ4v) is 4.75. The molecule has 0 aliphatic carbocycles. The Kier molecular flexibility index (Phi) is 6.52. The van der Waals surface area contributed by atoms with Crippen LogP contribution >= 0.6 is 0 Å². The molecule has 194 valence electrons. The first kappa shape index (κ1) is 25.6. The SMILES string of the molecule is C=CC(=O)N1CCc2nn(-c3ccc(CC(F)(F)F)cc3O)c3c2C(C1)N(C(=O)OC(C)(C)C)CC3. The van der Waals surface area contributed by atoms with Gasteiger partial charge in [0.25, 0.3) is 0 Å². The van der Waals surface area contributed by atoms with E-state index in [9.17, 15) is 27.9 Å². The average Bonchev–Trinajstić information content (AvgIpc) is 3.01. The average molecular weight is 507 g/mol. The molecule has 4 rings (SSSR count). The molecule has 36 heavy (non-hydrogen) atoms. The summed E-state index contributed by atoms with van der Waals surface area (Å²) in [5.74, 6) is -0.581. The van der Waals surface area contributed by atoms with Crippen LogP contribution in [0.15, 0.2) is 30.9 Å². The molecule has 0 spiro atoms. The van der Waals surface area contributed by atoms with Crippen molar-refractivity contribution in [3.8, 4) is 11.4 Å². The highest BCUT2D eigenvalue weighted by Crippen LogP contribution is 2.39. The third kappa shape index (κ3) is 5.19. The van der Waals surface area contributed by atoms with E-state index in [1.54, 1.807) is 35.3 Å². The fourth-order valence-electron chi connectivity index (χ4n) is 4.75. The van der Waals surface area contributed by atoms with Crippen molar-refractivity contribution in [2.24, 2.45) is 0 Å². The molecule has 0 radical (unpaired) electrons. The van der Waals surface area contributed by atoms with Gasteiger partial charge in [0.15, 0.2) is 0 Å². The molecule has 0 fully saturated rings. The van der Waals surface area contributed by atoms with E-state index in [-0.39, 0.29) is 36.0 Å². The maximum absolute atomic E-state index is 13.1. The highest BCUT2D eigenvalue weighted by atomic mass is 19.4. The smallest absolute Gasteiger partial charge is 0.410 e. The zero-order valence-electron chi connectivity index (χ0n) is 20.4. The molecule has 1 N–H and O–H groups in total. The summed E-state index contributed by atoms with van der Waals surface area (Å²) in [7, 11) is 0. The third-order valence-electron chi connectivity index (χ3n) is 6.20. The first-order chi connectivity index (χ1) is 16.8. The van der Waals surface area contributed by atoms with Crippen LogP contribution in [0.1, 0.15) is 49.3 Å². The lowest BCUT2D eigenvalue weighted by atomic mass is 9.96. The topological polar surface area (TPSA) is 87.9 Å². The largest absolute Gasteiger partial charge is 0.506 e. The highest BCUT2D eigenvalue weighted by Gasteiger charge is 2.41. The van der Waals surface area contributed by atoms with Gasteiger partial charge in [-0.1, -0.05) is 12.6 Å². The number of hydrogen-bond acceptors (Lipinski definition) is 5. The van der Waals surface area contributed by atoms with Crippen LogP contribution in [-0.2, 0) is 28.8 Å². The second-order valence-corrected chi connectivity index (χ2v) is 10.0. The number of rotatable bonds is 3. The predicted molar refractivity (Wildman–Crippen MR) is 125 cm³/mol. The van der Waals surface area contributed by atoms with E-state index >= 15 is 0 Å². The maximum Gasteiger partial charge on any atom is 0.410 e. The summed E-state index contributed by atoms with van der Waals surface area (Å²) in [5.41, 5.74) is 1.65. The summed E-state index contributed by atoms with van der Waals surface area (Å²) in [4.78, 5) is 28.7. The number of carbonyl (C=O) groups is 2. The van der Waals surface area contributed by atoms with Gasteiger partial charge in [-0.3, -0.25) is 9.69 Å². The van der Waals surface area contributed by atoms with Gasteiger partial charge in [-0.25, -0.2) is 9.48 Å². The van der Waals surface area contributed by atoms with Crippen molar-refractivity contribution >= 4 is 12.0 Å². The number of alkyl halides is 3. The Morgan fingerprint density at radius 1 is 1.22 bits per heavy atom. The van der Waals surface area contributed by atoms with Gasteiger partial charge in [-0.2, -0.15) is 18.3 Å². The number of phenols is 1. The van der Waals surface area contributed by atoms with Crippen LogP contribution in [0.3, 0.4) is 0 Å². The van der Waals surface area contributed by atoms with Gasteiger partial charge < -0.3 is 14.7 Å². The van der Waals surface area contributed by atoms with Crippen LogP contribution in [0.5, 0.6) is 5.75 Å². The summed E-state index contributed by atoms with van der Waals surface area (Å²) in [6.45, 7) is 9.73. The number of benzene rings is 1. The first-order valence-corrected chi connectivity index (χ1v) is 11.7. The number of aromatic nitrogens is 2. The quantitative estimate of drug-likeness (QED) is 0.634. The summed E-state index contributed by atoms with van der Waals surface area (Å²) in [5, 5.41) is 15.3. The zero-order valence-corrected chi connectivity index (χ0v) is 20.4. The third-order valence-corrected chi connectivity index (χ3v) is 6.20. The maximum atomic E-state index is 13.1. The van der Waals surface area contributed by atoms with Gasteiger partial charge in [0.1, 0.15) is 17.0 Å². The minimum absolute atomic E-state index is 0.0568. The van der Waals surface area contributed by atoms with Gasteiger partial charge in [-0.05, 0) is 44.5 Å². The van der Waals surface area contributed by atoms with Gasteiger partial charge in [0, 0.05) is 38.0 Å². The van der Waals surface area contributed by atoms with E-state index in [1.807, 2.05) is 0 Å². The van der Waals surface area contributed by atoms with Crippen molar-refractivity contribution in [1.82, 2.24) is 19.6 Å². The molecule has 2 aliphatic rings. The van der Waals surface area contributed by atoms with Crippen LogP contribution in [-0.4, -0.2) is 68.1 Å². The molecule has 0 bridgehead atoms. The van der Waals surface area contributed by atoms with Crippen LogP contribution in [0.25, 0.3) is 5.69 Å². The van der Waals surface area contributed by atoms with Crippen molar-refractivity contribution < 1.29 is 32.6 Å². The van der Waals surface area contributed by atoms with Crippen molar-refractivity contribution in [2.75, 3.05) is 19.6 Å². The number of carbonyl (C=O) groups excluding carboxylic acids is 2. The van der Waals surface area contributed by atoms with E-state index in [2.05, 4.69) is 11.7 Å². The van der Waals surface area contributed by atoms with Crippen LogP contribution in [0.2, 0.25) is 0 Å². The number of nitrogens with zero attached hydrogens (tertiary/aromatic N) is 4. The van der Waals surface area contributed by atoms with Crippen molar-refractivity contribution in [3.05, 3.63) is 53.4 Å². The number of aromatic hydroxyl groups is 1. The summed E-state index contributed by atoms with van der Waals surface area (Å²) in [6, 6.07) is 3.30. The Bertz CT molecular complexity index is 1200. The Morgan fingerprint density at radius 2 is 1.94 bits per heavy atom. The molecular formula is C25H29F3N4O4. The Morgan fingerprint density at radius 3 is 2.56 bits per heavy atom. The minimum atomic E-state index is -4.39. The number of ether oxygens (including phenoxy) is 1. The molecule has 1 aromatic heterocycles. The Labute approximate surface area is 206 Å². The molecule has 11 heteroatoms. The Balaban J connectivity index is 1.76. The number of halogens is 3. The van der Waals surface area contributed by atoms with Crippen LogP contribution in [0.4, 0.5) is 18.0 Å². The molecule has 2 aromatic rings. The molecule has 0 saturated carbocycles. The molecule has 0 saturated heterocycles. The summed E-state index contributed by atoms with van der Waals surface area (Å²) < 4.78 is 45.6. The molecule has 3 heterocycles. The van der Waals surface area contributed by atoms with E-state index < -0.39 is 30.3 Å². The monoisotopic (exact) mass is 506 g/mol. The van der Waals surface area contributed by atoms with E-state index in [1.165, 1.54) is 18.2 Å². The molecule has 1 aromatic carbocycles. The molecule has 8 nitrogen and oxygen atoms in total. The minimum Gasteiger partial charge on any atom is -0.506 e. The fraction of sp³-hybridized carbons (Fsp3) is 0.480. The standard InChI is InChI=1S/C25H29F3N4O4/c1-5-21(34)30-10-8-16-22-18(9-11-31(19(22)14-30)23(35)36-24(2,3)4)32(29-16)17-7-6-15(12-20(17)33)13-25(26,27)28/h5-7,12,19,33H,1,8-11,13-14H2,2-4H3. The highest BCUT2D eigenvalue weighted by molar-refractivity contribution is 5.87. The lowest BCUT2D eigenvalue weighted by molar-refractivity contribution is -0.127. The normalized spacial score (nSPS) is 17.9. The molecule has 1 atom stereocenters. The number of amides is 2. The van der Waals surface area contributed by atoms with Crippen molar-refractivity contribution in [1.29, 1.82) is 0 Å². The molecule has 2 aliphatic heterocycles. The van der Waals surface area contributed by atoms with Crippen LogP contribution in [0, 0.1) is 0 Å². The van der Waals surface area contributed by atoms with E-state index in [0.717, 1.165) is 17.3 Å². The first-order valence-electron chi connectivity index (χ1n) is 11.7. The predicted octanol–water partition coefficient (Wildman–Crippen LogP) is 4.09. The summed E-state index contributed by atoms with van der Waals surface area (Å²) >= 11 is 0. The van der Waals surface area contributed by atoms with E-state index in [4.69, 9.17) is 4.74 Å². The molecule has 2 amide bonds. The summed E-state index contributed by atoms with van der Waals surface area (Å²) in [6.07, 6.45) is -4.04. The second kappa shape index (κ2) is 9.18.